The summed E-state index contributed by atoms with van der Waals surface area (Å²) in [4.78, 5) is 12.0. The van der Waals surface area contributed by atoms with Gasteiger partial charge in [-0.25, -0.2) is 30.7 Å². The van der Waals surface area contributed by atoms with Crippen LogP contribution in [0.2, 0.25) is 0 Å². The quantitative estimate of drug-likeness (QED) is 0.332. The van der Waals surface area contributed by atoms with Gasteiger partial charge in [0.15, 0.2) is 12.0 Å². The number of carbonyl (C=O) groups is 1. The van der Waals surface area contributed by atoms with Gasteiger partial charge in [0.2, 0.25) is 5.67 Å². The Bertz CT molecular complexity index is 898. The lowest BCUT2D eigenvalue weighted by Gasteiger charge is -2.47. The van der Waals surface area contributed by atoms with E-state index in [1.54, 1.807) is 0 Å². The molecule has 0 radical (unpaired) electrons. The Balaban J connectivity index is 2.10. The molecule has 0 aliphatic heterocycles. The Morgan fingerprint density at radius 2 is 1.26 bits per heavy atom. The molecule has 3 rings (SSSR count). The van der Waals surface area contributed by atoms with Crippen LogP contribution in [0.25, 0.3) is 0 Å². The predicted molar refractivity (Wildman–Crippen MR) is 78.6 cm³/mol. The molecule has 3 saturated carbocycles. The molecule has 0 amide bonds. The standard InChI is InChI=1S/C17H13F15O2/c1-5-3-6(12(22,23)10(20,4-5)9(2,18)19)34-8(33)7-11(21)15(27,28)14(26,13(7,24)25)17(31,32)16(11,29)30/h5-7H,3-4H2,1-2H3. The Morgan fingerprint density at radius 1 is 0.794 bits per heavy atom. The van der Waals surface area contributed by atoms with Crippen LogP contribution in [-0.2, 0) is 9.53 Å². The van der Waals surface area contributed by atoms with Crippen molar-refractivity contribution >= 4 is 5.97 Å². The summed E-state index contributed by atoms with van der Waals surface area (Å²) < 4.78 is 215. The Hall–Kier alpha value is -1.58. The van der Waals surface area contributed by atoms with Gasteiger partial charge in [0.25, 0.3) is 11.6 Å². The summed E-state index contributed by atoms with van der Waals surface area (Å²) in [6.45, 7) is 0.479. The Kier molecular flexibility index (Phi) is 5.08. The van der Waals surface area contributed by atoms with Crippen LogP contribution >= 0.6 is 0 Å². The maximum absolute atomic E-state index is 14.8. The number of halogens is 15. The number of carbonyl (C=O) groups excluding carboxylic acids is 1. The van der Waals surface area contributed by atoms with Crippen LogP contribution < -0.4 is 0 Å². The van der Waals surface area contributed by atoms with Crippen molar-refractivity contribution < 1.29 is 75.4 Å². The summed E-state index contributed by atoms with van der Waals surface area (Å²) in [5, 5.41) is 0. The minimum Gasteiger partial charge on any atom is -0.455 e. The molecule has 0 aromatic heterocycles. The fourth-order valence-electron chi connectivity index (χ4n) is 4.90. The van der Waals surface area contributed by atoms with E-state index in [1.165, 1.54) is 0 Å². The van der Waals surface area contributed by atoms with Crippen molar-refractivity contribution in [1.82, 2.24) is 0 Å². The molecule has 0 spiro atoms. The highest BCUT2D eigenvalue weighted by Gasteiger charge is 3.13. The third-order valence-electron chi connectivity index (χ3n) is 6.76. The van der Waals surface area contributed by atoms with Crippen molar-refractivity contribution in [1.29, 1.82) is 0 Å². The van der Waals surface area contributed by atoms with E-state index in [1.807, 2.05) is 0 Å². The van der Waals surface area contributed by atoms with Crippen LogP contribution in [0.15, 0.2) is 0 Å². The zero-order valence-corrected chi connectivity index (χ0v) is 16.6. The van der Waals surface area contributed by atoms with Crippen LogP contribution in [0.4, 0.5) is 65.9 Å². The summed E-state index contributed by atoms with van der Waals surface area (Å²) in [6.07, 6.45) is -6.50. The molecule has 17 heteroatoms. The molecule has 3 aliphatic carbocycles. The molecular weight excluding hydrogens is 521 g/mol. The monoisotopic (exact) mass is 534 g/mol. The lowest BCUT2D eigenvalue weighted by Crippen LogP contribution is -2.71. The van der Waals surface area contributed by atoms with E-state index in [-0.39, 0.29) is 6.92 Å². The lowest BCUT2D eigenvalue weighted by molar-refractivity contribution is -0.352. The van der Waals surface area contributed by atoms with E-state index in [0.29, 0.717) is 0 Å². The third-order valence-corrected chi connectivity index (χ3v) is 6.76. The number of ether oxygens (including phenoxy) is 1. The summed E-state index contributed by atoms with van der Waals surface area (Å²) in [7, 11) is 0. The largest absolute Gasteiger partial charge is 0.455 e. The van der Waals surface area contributed by atoms with Gasteiger partial charge in [-0.15, -0.1) is 0 Å². The van der Waals surface area contributed by atoms with Crippen molar-refractivity contribution in [2.24, 2.45) is 11.8 Å². The predicted octanol–water partition coefficient (Wildman–Crippen LogP) is 5.93. The molecule has 0 saturated heterocycles. The normalized spacial score (nSPS) is 45.7. The van der Waals surface area contributed by atoms with Crippen LogP contribution in [-0.4, -0.2) is 64.6 Å². The summed E-state index contributed by atoms with van der Waals surface area (Å²) in [5.41, 5.74) is -18.6. The minimum absolute atomic E-state index is 0.339. The van der Waals surface area contributed by atoms with Gasteiger partial charge in [-0.1, -0.05) is 6.92 Å². The van der Waals surface area contributed by atoms with Crippen molar-refractivity contribution in [3.8, 4) is 0 Å². The van der Waals surface area contributed by atoms with Gasteiger partial charge in [-0.2, -0.15) is 35.1 Å². The molecule has 2 nitrogen and oxygen atoms in total. The Morgan fingerprint density at radius 3 is 1.68 bits per heavy atom. The first-order valence-corrected chi connectivity index (χ1v) is 9.29. The highest BCUT2D eigenvalue weighted by Crippen LogP contribution is 2.81. The van der Waals surface area contributed by atoms with Gasteiger partial charge in [0.1, 0.15) is 0 Å². The first kappa shape index (κ1) is 27.0. The van der Waals surface area contributed by atoms with Gasteiger partial charge < -0.3 is 4.74 Å². The first-order valence-electron chi connectivity index (χ1n) is 9.29. The summed E-state index contributed by atoms with van der Waals surface area (Å²) >= 11 is 0. The molecule has 3 fully saturated rings. The maximum atomic E-state index is 14.8. The summed E-state index contributed by atoms with van der Waals surface area (Å²) in [5.74, 6) is -48.3. The SMILES string of the molecule is CC1CC(OC(=O)C2C(F)(F)C3(F)C(F)(F)C(F)(F)C2(F)C3(F)F)C(F)(F)C(F)(C(C)(F)F)C1. The molecule has 0 aromatic rings. The van der Waals surface area contributed by atoms with Crippen molar-refractivity contribution in [3.63, 3.8) is 0 Å². The van der Waals surface area contributed by atoms with Crippen LogP contribution in [0, 0.1) is 11.8 Å². The average molecular weight is 534 g/mol. The smallest absolute Gasteiger partial charge is 0.359 e. The number of hydrogen-bond donors (Lipinski definition) is 0. The second-order valence-electron chi connectivity index (χ2n) is 8.93. The number of esters is 1. The third kappa shape index (κ3) is 2.37. The van der Waals surface area contributed by atoms with Gasteiger partial charge in [0.05, 0.1) is 0 Å². The van der Waals surface area contributed by atoms with E-state index in [9.17, 15) is 70.7 Å². The minimum atomic E-state index is -7.10. The van der Waals surface area contributed by atoms with E-state index >= 15 is 0 Å². The van der Waals surface area contributed by atoms with Crippen molar-refractivity contribution in [3.05, 3.63) is 0 Å². The van der Waals surface area contributed by atoms with Crippen LogP contribution in [0.5, 0.6) is 0 Å². The van der Waals surface area contributed by atoms with Crippen LogP contribution in [0.3, 0.4) is 0 Å². The second-order valence-corrected chi connectivity index (χ2v) is 8.93. The van der Waals surface area contributed by atoms with Crippen molar-refractivity contribution in [2.75, 3.05) is 0 Å². The number of rotatable bonds is 3. The second kappa shape index (κ2) is 6.40. The van der Waals surface area contributed by atoms with Gasteiger partial charge >= 0.3 is 41.3 Å². The van der Waals surface area contributed by atoms with E-state index in [4.69, 9.17) is 0 Å². The molecule has 2 bridgehead atoms. The van der Waals surface area contributed by atoms with E-state index < -0.39 is 89.3 Å². The molecule has 6 unspecified atom stereocenters. The zero-order chi connectivity index (χ0) is 26.9. The van der Waals surface area contributed by atoms with Gasteiger partial charge in [-0.3, -0.25) is 4.79 Å². The Labute approximate surface area is 179 Å². The maximum Gasteiger partial charge on any atom is 0.359 e. The molecule has 0 heterocycles. The summed E-state index contributed by atoms with van der Waals surface area (Å²) in [6, 6.07) is 0. The van der Waals surface area contributed by atoms with Gasteiger partial charge in [0, 0.05) is 6.92 Å². The van der Waals surface area contributed by atoms with E-state index in [2.05, 4.69) is 4.74 Å². The fraction of sp³-hybridized carbons (Fsp3) is 0.941. The highest BCUT2D eigenvalue weighted by atomic mass is 19.3. The molecule has 3 aliphatic rings. The first-order chi connectivity index (χ1) is 14.7. The average Bonchev–Trinajstić information content (AvgIpc) is 2.75. The van der Waals surface area contributed by atoms with E-state index in [0.717, 1.165) is 6.92 Å². The lowest BCUT2D eigenvalue weighted by atomic mass is 9.72. The highest BCUT2D eigenvalue weighted by molar-refractivity contribution is 5.79. The molecular formula is C17H13F15O2. The topological polar surface area (TPSA) is 26.3 Å². The van der Waals surface area contributed by atoms with Gasteiger partial charge in [-0.05, 0) is 18.8 Å². The molecule has 0 N–H and O–H groups in total. The number of alkyl halides is 15. The molecule has 198 valence electrons. The molecule has 0 aromatic carbocycles. The zero-order valence-electron chi connectivity index (χ0n) is 16.6. The molecule has 6 atom stereocenters. The fourth-order valence-corrected chi connectivity index (χ4v) is 4.90. The molecule has 34 heavy (non-hydrogen) atoms. The van der Waals surface area contributed by atoms with Crippen molar-refractivity contribution in [2.45, 2.75) is 85.3 Å². The number of fused-ring (bicyclic) bond motifs is 2. The number of hydrogen-bond acceptors (Lipinski definition) is 2. The van der Waals surface area contributed by atoms with Crippen LogP contribution in [0.1, 0.15) is 26.7 Å².